The molecule has 0 aromatic heterocycles. The number of hydrazone groups is 1. The fourth-order valence-electron chi connectivity index (χ4n) is 2.85. The number of carbonyl (C=O) groups is 1. The van der Waals surface area contributed by atoms with Crippen LogP contribution in [-0.2, 0) is 19.4 Å². The predicted octanol–water partition coefficient (Wildman–Crippen LogP) is 1.22. The molecule has 1 aromatic rings. The molecular weight excluding hydrogens is 316 g/mol. The quantitative estimate of drug-likeness (QED) is 0.810. The molecule has 2 heterocycles. The molecule has 1 fully saturated rings. The summed E-state index contributed by atoms with van der Waals surface area (Å²) in [5.74, 6) is -1.05. The Labute approximate surface area is 136 Å². The SMILES string of the molecule is O=C(CS(=O)(=O)C[C@H]1CCCO1)N1CCC(c2ccccc2)=N1. The highest BCUT2D eigenvalue weighted by atomic mass is 32.2. The van der Waals surface area contributed by atoms with Gasteiger partial charge >= 0.3 is 0 Å². The van der Waals surface area contributed by atoms with Crippen molar-refractivity contribution in [2.45, 2.75) is 25.4 Å². The van der Waals surface area contributed by atoms with Crippen molar-refractivity contribution in [1.29, 1.82) is 0 Å². The van der Waals surface area contributed by atoms with Gasteiger partial charge in [0.15, 0.2) is 9.84 Å². The van der Waals surface area contributed by atoms with Crippen molar-refractivity contribution >= 4 is 21.5 Å². The molecule has 1 atom stereocenters. The first kappa shape index (κ1) is 16.1. The molecule has 23 heavy (non-hydrogen) atoms. The minimum atomic E-state index is -3.47. The van der Waals surface area contributed by atoms with Gasteiger partial charge in [-0.3, -0.25) is 4.79 Å². The highest BCUT2D eigenvalue weighted by Crippen LogP contribution is 2.17. The number of benzene rings is 1. The molecule has 3 rings (SSSR count). The minimum Gasteiger partial charge on any atom is -0.377 e. The van der Waals surface area contributed by atoms with Crippen LogP contribution >= 0.6 is 0 Å². The largest absolute Gasteiger partial charge is 0.377 e. The van der Waals surface area contributed by atoms with E-state index in [1.54, 1.807) is 0 Å². The van der Waals surface area contributed by atoms with E-state index >= 15 is 0 Å². The first-order valence-electron chi connectivity index (χ1n) is 7.79. The summed E-state index contributed by atoms with van der Waals surface area (Å²) < 4.78 is 29.6. The maximum Gasteiger partial charge on any atom is 0.257 e. The van der Waals surface area contributed by atoms with Gasteiger partial charge in [0.1, 0.15) is 5.75 Å². The van der Waals surface area contributed by atoms with Crippen LogP contribution in [0.1, 0.15) is 24.8 Å². The summed E-state index contributed by atoms with van der Waals surface area (Å²) in [5.41, 5.74) is 1.78. The lowest BCUT2D eigenvalue weighted by molar-refractivity contribution is -0.127. The lowest BCUT2D eigenvalue weighted by Gasteiger charge is -2.13. The molecule has 0 radical (unpaired) electrons. The second-order valence-electron chi connectivity index (χ2n) is 5.87. The summed E-state index contributed by atoms with van der Waals surface area (Å²) in [7, 11) is -3.47. The molecule has 0 bridgehead atoms. The fourth-order valence-corrected chi connectivity index (χ4v) is 4.32. The molecular formula is C16H20N2O4S. The Hall–Kier alpha value is -1.73. The average molecular weight is 336 g/mol. The Morgan fingerprint density at radius 1 is 1.30 bits per heavy atom. The van der Waals surface area contributed by atoms with Crippen molar-refractivity contribution in [3.63, 3.8) is 0 Å². The Morgan fingerprint density at radius 2 is 2.09 bits per heavy atom. The number of ether oxygens (including phenoxy) is 1. The molecule has 0 saturated carbocycles. The van der Waals surface area contributed by atoms with Crippen LogP contribution < -0.4 is 0 Å². The Balaban J connectivity index is 1.61. The summed E-state index contributed by atoms with van der Waals surface area (Å²) in [6.07, 6.45) is 2.00. The highest BCUT2D eigenvalue weighted by molar-refractivity contribution is 7.92. The van der Waals surface area contributed by atoms with Gasteiger partial charge in [-0.1, -0.05) is 30.3 Å². The summed E-state index contributed by atoms with van der Waals surface area (Å²) in [5, 5.41) is 5.55. The van der Waals surface area contributed by atoms with E-state index in [1.165, 1.54) is 5.01 Å². The topological polar surface area (TPSA) is 76.0 Å². The Morgan fingerprint density at radius 3 is 2.78 bits per heavy atom. The molecule has 6 nitrogen and oxygen atoms in total. The van der Waals surface area contributed by atoms with Gasteiger partial charge in [0.25, 0.3) is 5.91 Å². The lowest BCUT2D eigenvalue weighted by atomic mass is 10.1. The molecule has 7 heteroatoms. The Kier molecular flexibility index (Phi) is 4.77. The maximum atomic E-state index is 12.2. The van der Waals surface area contributed by atoms with Crippen molar-refractivity contribution in [2.24, 2.45) is 5.10 Å². The monoisotopic (exact) mass is 336 g/mol. The molecule has 0 spiro atoms. The Bertz CT molecular complexity index is 694. The number of amides is 1. The van der Waals surface area contributed by atoms with Crippen molar-refractivity contribution in [2.75, 3.05) is 24.7 Å². The molecule has 0 N–H and O–H groups in total. The van der Waals surface area contributed by atoms with Crippen LogP contribution in [0.5, 0.6) is 0 Å². The molecule has 124 valence electrons. The molecule has 2 aliphatic heterocycles. The standard InChI is InChI=1S/C16H20N2O4S/c19-16(12-23(20,21)11-14-7-4-10-22-14)18-9-8-15(17-18)13-5-2-1-3-6-13/h1-3,5-6,14H,4,7-12H2/t14-/m1/s1. The van der Waals surface area contributed by atoms with Gasteiger partial charge in [-0.2, -0.15) is 5.10 Å². The van der Waals surface area contributed by atoms with Crippen molar-refractivity contribution < 1.29 is 17.9 Å². The number of carbonyl (C=O) groups excluding carboxylic acids is 1. The van der Waals surface area contributed by atoms with E-state index in [2.05, 4.69) is 5.10 Å². The van der Waals surface area contributed by atoms with Gasteiger partial charge in [0, 0.05) is 13.0 Å². The van der Waals surface area contributed by atoms with Crippen molar-refractivity contribution in [3.8, 4) is 0 Å². The van der Waals surface area contributed by atoms with Crippen LogP contribution in [0.3, 0.4) is 0 Å². The molecule has 1 saturated heterocycles. The third kappa shape index (κ3) is 4.17. The first-order chi connectivity index (χ1) is 11.0. The van der Waals surface area contributed by atoms with Gasteiger partial charge in [0.2, 0.25) is 0 Å². The van der Waals surface area contributed by atoms with Gasteiger partial charge in [0.05, 0.1) is 24.1 Å². The molecule has 2 aliphatic rings. The van der Waals surface area contributed by atoms with Crippen LogP contribution in [-0.4, -0.2) is 55.8 Å². The van der Waals surface area contributed by atoms with Gasteiger partial charge < -0.3 is 4.74 Å². The van der Waals surface area contributed by atoms with Crippen LogP contribution in [0.4, 0.5) is 0 Å². The van der Waals surface area contributed by atoms with E-state index in [1.807, 2.05) is 30.3 Å². The van der Waals surface area contributed by atoms with E-state index < -0.39 is 21.5 Å². The van der Waals surface area contributed by atoms with E-state index in [4.69, 9.17) is 4.74 Å². The van der Waals surface area contributed by atoms with E-state index in [0.717, 1.165) is 24.1 Å². The highest BCUT2D eigenvalue weighted by Gasteiger charge is 2.29. The zero-order valence-electron chi connectivity index (χ0n) is 12.8. The normalized spacial score (nSPS) is 21.5. The molecule has 0 aliphatic carbocycles. The second-order valence-corrected chi connectivity index (χ2v) is 7.98. The number of hydrogen-bond acceptors (Lipinski definition) is 5. The number of hydrogen-bond donors (Lipinski definition) is 0. The number of nitrogens with zero attached hydrogens (tertiary/aromatic N) is 2. The smallest absolute Gasteiger partial charge is 0.257 e. The summed E-state index contributed by atoms with van der Waals surface area (Å²) in [6, 6.07) is 9.60. The number of sulfone groups is 1. The van der Waals surface area contributed by atoms with E-state index in [0.29, 0.717) is 19.6 Å². The van der Waals surface area contributed by atoms with Crippen molar-refractivity contribution in [1.82, 2.24) is 5.01 Å². The van der Waals surface area contributed by atoms with E-state index in [9.17, 15) is 13.2 Å². The third-order valence-electron chi connectivity index (χ3n) is 4.00. The van der Waals surface area contributed by atoms with Crippen LogP contribution in [0.25, 0.3) is 0 Å². The van der Waals surface area contributed by atoms with Gasteiger partial charge in [-0.05, 0) is 18.4 Å². The number of rotatable bonds is 5. The second kappa shape index (κ2) is 6.80. The average Bonchev–Trinajstić information content (AvgIpc) is 3.18. The summed E-state index contributed by atoms with van der Waals surface area (Å²) in [4.78, 5) is 12.2. The molecule has 0 unspecified atom stereocenters. The summed E-state index contributed by atoms with van der Waals surface area (Å²) in [6.45, 7) is 1.03. The maximum absolute atomic E-state index is 12.2. The van der Waals surface area contributed by atoms with Crippen LogP contribution in [0, 0.1) is 0 Å². The van der Waals surface area contributed by atoms with E-state index in [-0.39, 0.29) is 11.9 Å². The third-order valence-corrected chi connectivity index (χ3v) is 5.57. The first-order valence-corrected chi connectivity index (χ1v) is 9.61. The van der Waals surface area contributed by atoms with Gasteiger partial charge in [-0.25, -0.2) is 13.4 Å². The molecule has 1 aromatic carbocycles. The van der Waals surface area contributed by atoms with Gasteiger partial charge in [-0.15, -0.1) is 0 Å². The van der Waals surface area contributed by atoms with Crippen molar-refractivity contribution in [3.05, 3.63) is 35.9 Å². The minimum absolute atomic E-state index is 0.0815. The van der Waals surface area contributed by atoms with Crippen LogP contribution in [0.2, 0.25) is 0 Å². The summed E-state index contributed by atoms with van der Waals surface area (Å²) >= 11 is 0. The van der Waals surface area contributed by atoms with Crippen LogP contribution in [0.15, 0.2) is 35.4 Å². The zero-order valence-corrected chi connectivity index (χ0v) is 13.7. The predicted molar refractivity (Wildman–Crippen MR) is 86.9 cm³/mol. The fraction of sp³-hybridized carbons (Fsp3) is 0.500. The lowest BCUT2D eigenvalue weighted by Crippen LogP contribution is -2.33. The zero-order chi connectivity index (χ0) is 16.3. The molecule has 1 amide bonds.